The monoisotopic (exact) mass is 407 g/mol. The van der Waals surface area contributed by atoms with E-state index in [-0.39, 0.29) is 29.3 Å². The Labute approximate surface area is 174 Å². The van der Waals surface area contributed by atoms with Gasteiger partial charge in [-0.05, 0) is 44.2 Å². The van der Waals surface area contributed by atoms with Crippen molar-refractivity contribution in [2.24, 2.45) is 5.92 Å². The van der Waals surface area contributed by atoms with Gasteiger partial charge in [0.2, 0.25) is 5.91 Å². The lowest BCUT2D eigenvalue weighted by molar-refractivity contribution is -0.139. The predicted octanol–water partition coefficient (Wildman–Crippen LogP) is 1.83. The molecule has 1 aliphatic carbocycles. The largest absolute Gasteiger partial charge is 0.332 e. The minimum Gasteiger partial charge on any atom is -0.332 e. The number of aromatic nitrogens is 3. The maximum Gasteiger partial charge on any atom is 0.254 e. The van der Waals surface area contributed by atoms with Crippen molar-refractivity contribution in [3.8, 4) is 0 Å². The summed E-state index contributed by atoms with van der Waals surface area (Å²) in [6, 6.07) is 3.20. The number of carbonyl (C=O) groups excluding carboxylic acids is 2. The molecule has 156 valence electrons. The highest BCUT2D eigenvalue weighted by atomic mass is 16.2. The second kappa shape index (κ2) is 7.66. The third-order valence-electron chi connectivity index (χ3n) is 6.61. The Hall–Kier alpha value is -3.03. The molecule has 1 atom stereocenters. The number of pyridine rings is 1. The van der Waals surface area contributed by atoms with Gasteiger partial charge in [-0.1, -0.05) is 6.42 Å². The second-order valence-electron chi connectivity index (χ2n) is 8.41. The van der Waals surface area contributed by atoms with E-state index in [4.69, 9.17) is 4.98 Å². The quantitative estimate of drug-likeness (QED) is 0.837. The van der Waals surface area contributed by atoms with Crippen LogP contribution in [0.15, 0.2) is 29.3 Å². The van der Waals surface area contributed by atoms with Gasteiger partial charge in [0.1, 0.15) is 5.82 Å². The molecule has 0 radical (unpaired) electrons. The SMILES string of the molecule is O=C(c1ccncc1)N1CCc2c(nc(C3CCCN3C(=O)C3CCC3)[nH]c2=O)C1. The Morgan fingerprint density at radius 3 is 2.60 bits per heavy atom. The van der Waals surface area contributed by atoms with Gasteiger partial charge in [-0.2, -0.15) is 0 Å². The molecule has 4 heterocycles. The number of carbonyl (C=O) groups is 2. The van der Waals surface area contributed by atoms with Crippen LogP contribution in [0.1, 0.15) is 65.6 Å². The molecule has 1 saturated heterocycles. The van der Waals surface area contributed by atoms with Gasteiger partial charge in [0.25, 0.3) is 11.5 Å². The molecule has 1 saturated carbocycles. The fraction of sp³-hybridized carbons (Fsp3) is 0.500. The zero-order valence-corrected chi connectivity index (χ0v) is 16.8. The van der Waals surface area contributed by atoms with E-state index >= 15 is 0 Å². The molecule has 5 rings (SSSR count). The summed E-state index contributed by atoms with van der Waals surface area (Å²) in [6.45, 7) is 1.50. The number of amides is 2. The Morgan fingerprint density at radius 2 is 1.87 bits per heavy atom. The zero-order valence-electron chi connectivity index (χ0n) is 16.8. The molecule has 2 amide bonds. The van der Waals surface area contributed by atoms with Crippen LogP contribution in [0.4, 0.5) is 0 Å². The molecular formula is C22H25N5O3. The van der Waals surface area contributed by atoms with Crippen LogP contribution in [-0.4, -0.2) is 49.7 Å². The van der Waals surface area contributed by atoms with Gasteiger partial charge in [-0.15, -0.1) is 0 Å². The number of likely N-dealkylation sites (tertiary alicyclic amines) is 1. The summed E-state index contributed by atoms with van der Waals surface area (Å²) in [5.74, 6) is 0.790. The predicted molar refractivity (Wildman–Crippen MR) is 109 cm³/mol. The van der Waals surface area contributed by atoms with Crippen LogP contribution < -0.4 is 5.56 Å². The van der Waals surface area contributed by atoms with Crippen LogP contribution in [-0.2, 0) is 17.8 Å². The number of H-pyrrole nitrogens is 1. The number of hydrogen-bond acceptors (Lipinski definition) is 5. The Bertz CT molecular complexity index is 1030. The summed E-state index contributed by atoms with van der Waals surface area (Å²) in [7, 11) is 0. The fourth-order valence-electron chi connectivity index (χ4n) is 4.67. The minimum atomic E-state index is -0.178. The number of rotatable bonds is 3. The molecule has 0 spiro atoms. The summed E-state index contributed by atoms with van der Waals surface area (Å²) >= 11 is 0. The number of nitrogens with one attached hydrogen (secondary N) is 1. The fourth-order valence-corrected chi connectivity index (χ4v) is 4.67. The summed E-state index contributed by atoms with van der Waals surface area (Å²) in [5, 5.41) is 0. The van der Waals surface area contributed by atoms with Gasteiger partial charge in [0, 0.05) is 42.5 Å². The molecule has 2 fully saturated rings. The highest BCUT2D eigenvalue weighted by Gasteiger charge is 2.38. The normalized spacial score (nSPS) is 21.3. The maximum absolute atomic E-state index is 12.8. The van der Waals surface area contributed by atoms with Crippen molar-refractivity contribution < 1.29 is 9.59 Å². The molecule has 2 aliphatic heterocycles. The van der Waals surface area contributed by atoms with Crippen molar-refractivity contribution >= 4 is 11.8 Å². The van der Waals surface area contributed by atoms with E-state index in [9.17, 15) is 14.4 Å². The van der Waals surface area contributed by atoms with Crippen LogP contribution in [0.3, 0.4) is 0 Å². The average Bonchev–Trinajstić information content (AvgIpc) is 3.22. The Balaban J connectivity index is 1.40. The van der Waals surface area contributed by atoms with Gasteiger partial charge < -0.3 is 14.8 Å². The van der Waals surface area contributed by atoms with E-state index in [1.165, 1.54) is 0 Å². The Kier molecular flexibility index (Phi) is 4.84. The highest BCUT2D eigenvalue weighted by Crippen LogP contribution is 2.36. The first kappa shape index (κ1) is 19.0. The molecular weight excluding hydrogens is 382 g/mol. The molecule has 8 nitrogen and oxygen atoms in total. The van der Waals surface area contributed by atoms with Crippen LogP contribution in [0, 0.1) is 5.92 Å². The molecule has 2 aromatic heterocycles. The van der Waals surface area contributed by atoms with E-state index in [1.54, 1.807) is 29.4 Å². The van der Waals surface area contributed by atoms with Crippen molar-refractivity contribution in [1.82, 2.24) is 24.8 Å². The summed E-state index contributed by atoms with van der Waals surface area (Å²) in [4.78, 5) is 53.7. The lowest BCUT2D eigenvalue weighted by Gasteiger charge is -2.33. The minimum absolute atomic E-state index is 0.0886. The molecule has 1 N–H and O–H groups in total. The Morgan fingerprint density at radius 1 is 1.07 bits per heavy atom. The lowest BCUT2D eigenvalue weighted by Crippen LogP contribution is -2.41. The van der Waals surface area contributed by atoms with Crippen molar-refractivity contribution in [3.05, 3.63) is 57.5 Å². The number of hydrogen-bond donors (Lipinski definition) is 1. The highest BCUT2D eigenvalue weighted by molar-refractivity contribution is 5.94. The maximum atomic E-state index is 12.8. The lowest BCUT2D eigenvalue weighted by atomic mass is 9.84. The molecule has 0 aromatic carbocycles. The molecule has 8 heteroatoms. The summed E-state index contributed by atoms with van der Waals surface area (Å²) in [6.07, 6.45) is 8.43. The van der Waals surface area contributed by atoms with Crippen LogP contribution in [0.5, 0.6) is 0 Å². The third-order valence-corrected chi connectivity index (χ3v) is 6.61. The standard InChI is InChI=1S/C22H25N5O3/c28-20-16-8-12-26(21(29)15-6-9-23-10-7-15)13-17(16)24-19(25-20)18-5-2-11-27(18)22(30)14-3-1-4-14/h6-7,9-10,14,18H,1-5,8,11-13H2,(H,24,25,28). The first-order valence-corrected chi connectivity index (χ1v) is 10.7. The number of aromatic amines is 1. The molecule has 3 aliphatic rings. The first-order chi connectivity index (χ1) is 14.6. The van der Waals surface area contributed by atoms with Crippen molar-refractivity contribution in [2.45, 2.75) is 51.1 Å². The summed E-state index contributed by atoms with van der Waals surface area (Å²) < 4.78 is 0. The number of nitrogens with zero attached hydrogens (tertiary/aromatic N) is 4. The zero-order chi connectivity index (χ0) is 20.7. The number of fused-ring (bicyclic) bond motifs is 1. The third kappa shape index (κ3) is 3.30. The van der Waals surface area contributed by atoms with Gasteiger partial charge in [0.15, 0.2) is 0 Å². The van der Waals surface area contributed by atoms with Crippen LogP contribution in [0.25, 0.3) is 0 Å². The van der Waals surface area contributed by atoms with Crippen molar-refractivity contribution in [1.29, 1.82) is 0 Å². The topological polar surface area (TPSA) is 99.3 Å². The van der Waals surface area contributed by atoms with Gasteiger partial charge in [-0.25, -0.2) is 4.98 Å². The first-order valence-electron chi connectivity index (χ1n) is 10.7. The molecule has 0 bridgehead atoms. The van der Waals surface area contributed by atoms with E-state index in [2.05, 4.69) is 9.97 Å². The molecule has 2 aromatic rings. The molecule has 1 unspecified atom stereocenters. The van der Waals surface area contributed by atoms with Crippen LogP contribution in [0.2, 0.25) is 0 Å². The molecule has 30 heavy (non-hydrogen) atoms. The van der Waals surface area contributed by atoms with E-state index in [1.807, 2.05) is 4.90 Å². The van der Waals surface area contributed by atoms with Crippen molar-refractivity contribution in [3.63, 3.8) is 0 Å². The van der Waals surface area contributed by atoms with E-state index < -0.39 is 0 Å². The average molecular weight is 407 g/mol. The van der Waals surface area contributed by atoms with E-state index in [0.717, 1.165) is 32.1 Å². The van der Waals surface area contributed by atoms with Gasteiger partial charge in [0.05, 0.1) is 18.3 Å². The second-order valence-corrected chi connectivity index (χ2v) is 8.41. The summed E-state index contributed by atoms with van der Waals surface area (Å²) in [5.41, 5.74) is 1.72. The smallest absolute Gasteiger partial charge is 0.254 e. The van der Waals surface area contributed by atoms with Gasteiger partial charge in [-0.3, -0.25) is 19.4 Å². The van der Waals surface area contributed by atoms with E-state index in [0.29, 0.717) is 48.7 Å². The van der Waals surface area contributed by atoms with Crippen LogP contribution >= 0.6 is 0 Å². The van der Waals surface area contributed by atoms with Crippen molar-refractivity contribution in [2.75, 3.05) is 13.1 Å². The van der Waals surface area contributed by atoms with Gasteiger partial charge >= 0.3 is 0 Å².